The smallest absolute Gasteiger partial charge is 0.375 e. The van der Waals surface area contributed by atoms with Gasteiger partial charge in [0.15, 0.2) is 0 Å². The highest BCUT2D eigenvalue weighted by Gasteiger charge is 2.33. The molecule has 0 spiro atoms. The molecule has 0 heterocycles. The Morgan fingerprint density at radius 3 is 2.46 bits per heavy atom. The second-order valence-electron chi connectivity index (χ2n) is 5.38. The number of carbonyl (C=O) groups is 1. The number of hydrogen-bond donors (Lipinski definition) is 2. The minimum atomic E-state index is -4.53. The van der Waals surface area contributed by atoms with Crippen LogP contribution in [0.25, 0.3) is 0 Å². The van der Waals surface area contributed by atoms with Gasteiger partial charge in [-0.05, 0) is 43.2 Å². The molecule has 0 atom stereocenters. The van der Waals surface area contributed by atoms with E-state index >= 15 is 0 Å². The molecule has 0 aliphatic carbocycles. The summed E-state index contributed by atoms with van der Waals surface area (Å²) in [5, 5.41) is 5.59. The summed E-state index contributed by atoms with van der Waals surface area (Å²) in [4.78, 5) is 12.0. The zero-order chi connectivity index (χ0) is 17.9. The van der Waals surface area contributed by atoms with E-state index in [1.54, 1.807) is 6.07 Å². The number of carbonyl (C=O) groups excluding carboxylic acids is 1. The van der Waals surface area contributed by atoms with E-state index in [-0.39, 0.29) is 12.2 Å². The fourth-order valence-electron chi connectivity index (χ4n) is 2.34. The maximum absolute atomic E-state index is 12.9. The predicted molar refractivity (Wildman–Crippen MR) is 89.5 cm³/mol. The summed E-state index contributed by atoms with van der Waals surface area (Å²) in [5.41, 5.74) is 1.25. The lowest BCUT2D eigenvalue weighted by Gasteiger charge is -2.15. The lowest BCUT2D eigenvalue weighted by molar-refractivity contribution is -0.137. The predicted octanol–water partition coefficient (Wildman–Crippen LogP) is 5.03. The molecule has 0 saturated heterocycles. The summed E-state index contributed by atoms with van der Waals surface area (Å²) in [6.07, 6.45) is -4.53. The number of para-hydroxylation sites is 1. The molecule has 0 bridgehead atoms. The number of aryl methyl sites for hydroxylation is 2. The van der Waals surface area contributed by atoms with Crippen LogP contribution in [0.3, 0.4) is 0 Å². The van der Waals surface area contributed by atoms with Crippen molar-refractivity contribution in [1.29, 1.82) is 0 Å². The monoisotopic (exact) mass is 356 g/mol. The van der Waals surface area contributed by atoms with Crippen LogP contribution in [0.5, 0.6) is 0 Å². The van der Waals surface area contributed by atoms with Gasteiger partial charge in [0.05, 0.1) is 28.5 Å². The molecular weight excluding hydrogens is 341 g/mol. The van der Waals surface area contributed by atoms with Crippen LogP contribution in [-0.4, -0.2) is 12.5 Å². The second-order valence-corrected chi connectivity index (χ2v) is 5.79. The Labute approximate surface area is 142 Å². The van der Waals surface area contributed by atoms with Crippen molar-refractivity contribution in [3.05, 3.63) is 58.1 Å². The molecule has 0 fully saturated rings. The summed E-state index contributed by atoms with van der Waals surface area (Å²) >= 11 is 6.12. The third kappa shape index (κ3) is 4.41. The Balaban J connectivity index is 2.08. The molecule has 24 heavy (non-hydrogen) atoms. The molecule has 2 aromatic carbocycles. The van der Waals surface area contributed by atoms with Crippen LogP contribution >= 0.6 is 11.6 Å². The molecule has 2 N–H and O–H groups in total. The zero-order valence-electron chi connectivity index (χ0n) is 13.1. The average Bonchev–Trinajstić information content (AvgIpc) is 2.45. The largest absolute Gasteiger partial charge is 0.418 e. The average molecular weight is 357 g/mol. The quantitative estimate of drug-likeness (QED) is 0.807. The lowest BCUT2D eigenvalue weighted by atomic mass is 10.1. The second kappa shape index (κ2) is 7.13. The van der Waals surface area contributed by atoms with Crippen molar-refractivity contribution in [3.8, 4) is 0 Å². The minimum Gasteiger partial charge on any atom is -0.375 e. The van der Waals surface area contributed by atoms with Crippen molar-refractivity contribution in [3.63, 3.8) is 0 Å². The first-order valence-electron chi connectivity index (χ1n) is 7.15. The molecule has 0 unspecified atom stereocenters. The number of rotatable bonds is 4. The van der Waals surface area contributed by atoms with Crippen LogP contribution in [0.4, 0.5) is 24.5 Å². The normalized spacial score (nSPS) is 11.2. The van der Waals surface area contributed by atoms with Crippen LogP contribution in [0, 0.1) is 13.8 Å². The van der Waals surface area contributed by atoms with Crippen molar-refractivity contribution < 1.29 is 18.0 Å². The molecule has 0 radical (unpaired) electrons. The van der Waals surface area contributed by atoms with Gasteiger partial charge in [-0.3, -0.25) is 4.79 Å². The van der Waals surface area contributed by atoms with Crippen LogP contribution < -0.4 is 10.6 Å². The van der Waals surface area contributed by atoms with Gasteiger partial charge >= 0.3 is 6.18 Å². The number of amides is 1. The summed E-state index contributed by atoms with van der Waals surface area (Å²) in [5.74, 6) is -0.595. The number of nitrogens with one attached hydrogen (secondary N) is 2. The molecule has 0 saturated carbocycles. The molecule has 2 aromatic rings. The van der Waals surface area contributed by atoms with E-state index in [9.17, 15) is 18.0 Å². The SMILES string of the molecule is Cc1cc(C)c(NCC(=O)Nc2ccccc2C(F)(F)F)c(Cl)c1. The third-order valence-electron chi connectivity index (χ3n) is 3.36. The highest BCUT2D eigenvalue weighted by Crippen LogP contribution is 2.34. The fraction of sp³-hybridized carbons (Fsp3) is 0.235. The summed E-state index contributed by atoms with van der Waals surface area (Å²) in [7, 11) is 0. The first-order valence-corrected chi connectivity index (χ1v) is 7.53. The van der Waals surface area contributed by atoms with Crippen molar-refractivity contribution >= 4 is 28.9 Å². The number of halogens is 4. The van der Waals surface area contributed by atoms with E-state index in [0.29, 0.717) is 10.7 Å². The molecule has 0 aliphatic heterocycles. The molecular formula is C17H16ClF3N2O. The Kier molecular flexibility index (Phi) is 5.39. The summed E-state index contributed by atoms with van der Waals surface area (Å²) in [6.45, 7) is 3.53. The molecule has 0 aromatic heterocycles. The first kappa shape index (κ1) is 18.1. The van der Waals surface area contributed by atoms with Gasteiger partial charge in [-0.25, -0.2) is 0 Å². The van der Waals surface area contributed by atoms with E-state index in [2.05, 4.69) is 10.6 Å². The van der Waals surface area contributed by atoms with Crippen molar-refractivity contribution in [1.82, 2.24) is 0 Å². The van der Waals surface area contributed by atoms with Crippen LogP contribution in [0.2, 0.25) is 5.02 Å². The molecule has 2 rings (SSSR count). The number of benzene rings is 2. The van der Waals surface area contributed by atoms with Crippen LogP contribution in [0.15, 0.2) is 36.4 Å². The Bertz CT molecular complexity index is 737. The topological polar surface area (TPSA) is 41.1 Å². The minimum absolute atomic E-state index is 0.199. The van der Waals surface area contributed by atoms with E-state index < -0.39 is 17.6 Å². The van der Waals surface area contributed by atoms with Crippen molar-refractivity contribution in [2.45, 2.75) is 20.0 Å². The standard InChI is InChI=1S/C17H16ClF3N2O/c1-10-7-11(2)16(13(18)8-10)22-9-15(24)23-14-6-4-3-5-12(14)17(19,20)21/h3-8,22H,9H2,1-2H3,(H,23,24). The highest BCUT2D eigenvalue weighted by atomic mass is 35.5. The van der Waals surface area contributed by atoms with E-state index in [1.165, 1.54) is 18.2 Å². The van der Waals surface area contributed by atoms with Gasteiger partial charge in [0, 0.05) is 0 Å². The molecule has 0 aliphatic rings. The van der Waals surface area contributed by atoms with Gasteiger partial charge in [-0.2, -0.15) is 13.2 Å². The zero-order valence-corrected chi connectivity index (χ0v) is 13.8. The van der Waals surface area contributed by atoms with Gasteiger partial charge in [0.1, 0.15) is 0 Å². The van der Waals surface area contributed by atoms with Gasteiger partial charge in [0.2, 0.25) is 5.91 Å². The maximum atomic E-state index is 12.9. The van der Waals surface area contributed by atoms with Crippen LogP contribution in [-0.2, 0) is 11.0 Å². The van der Waals surface area contributed by atoms with Gasteiger partial charge in [-0.1, -0.05) is 29.8 Å². The Hall–Kier alpha value is -2.21. The number of hydrogen-bond acceptors (Lipinski definition) is 2. The molecule has 7 heteroatoms. The Morgan fingerprint density at radius 2 is 1.83 bits per heavy atom. The fourth-order valence-corrected chi connectivity index (χ4v) is 2.73. The highest BCUT2D eigenvalue weighted by molar-refractivity contribution is 6.33. The van der Waals surface area contributed by atoms with Gasteiger partial charge in [-0.15, -0.1) is 0 Å². The van der Waals surface area contributed by atoms with Gasteiger partial charge < -0.3 is 10.6 Å². The Morgan fingerprint density at radius 1 is 1.17 bits per heavy atom. The van der Waals surface area contributed by atoms with Crippen molar-refractivity contribution in [2.24, 2.45) is 0 Å². The van der Waals surface area contributed by atoms with E-state index in [1.807, 2.05) is 19.9 Å². The van der Waals surface area contributed by atoms with Gasteiger partial charge in [0.25, 0.3) is 0 Å². The molecule has 3 nitrogen and oxygen atoms in total. The molecule has 128 valence electrons. The van der Waals surface area contributed by atoms with E-state index in [4.69, 9.17) is 11.6 Å². The maximum Gasteiger partial charge on any atom is 0.418 e. The third-order valence-corrected chi connectivity index (χ3v) is 3.66. The first-order chi connectivity index (χ1) is 11.2. The van der Waals surface area contributed by atoms with Crippen LogP contribution in [0.1, 0.15) is 16.7 Å². The van der Waals surface area contributed by atoms with E-state index in [0.717, 1.165) is 17.2 Å². The van der Waals surface area contributed by atoms with Crippen molar-refractivity contribution in [2.75, 3.05) is 17.2 Å². The number of anilines is 2. The summed E-state index contributed by atoms with van der Waals surface area (Å²) < 4.78 is 38.7. The number of alkyl halides is 3. The summed E-state index contributed by atoms with van der Waals surface area (Å²) in [6, 6.07) is 8.47. The lowest BCUT2D eigenvalue weighted by Crippen LogP contribution is -2.24. The molecule has 1 amide bonds.